The SMILES string of the molecule is N#Cc1ccc(Nc2ncc(N)cc2C(N)=O)c(Br)c1. The van der Waals surface area contributed by atoms with Gasteiger partial charge >= 0.3 is 0 Å². The number of pyridine rings is 1. The lowest BCUT2D eigenvalue weighted by Gasteiger charge is -2.11. The molecule has 1 heterocycles. The summed E-state index contributed by atoms with van der Waals surface area (Å²) in [4.78, 5) is 15.4. The highest BCUT2D eigenvalue weighted by Crippen LogP contribution is 2.27. The van der Waals surface area contributed by atoms with Gasteiger partial charge in [-0.1, -0.05) is 0 Å². The normalized spacial score (nSPS) is 9.80. The molecule has 2 rings (SSSR count). The van der Waals surface area contributed by atoms with Crippen LogP contribution < -0.4 is 16.8 Å². The molecular formula is C13H10BrN5O. The number of rotatable bonds is 3. The molecule has 0 aliphatic rings. The average molecular weight is 332 g/mol. The van der Waals surface area contributed by atoms with Crippen LogP contribution in [0.15, 0.2) is 34.9 Å². The molecule has 6 nitrogen and oxygen atoms in total. The molecule has 0 saturated carbocycles. The molecule has 2 aromatic rings. The number of nitrogen functional groups attached to an aromatic ring is 1. The number of benzene rings is 1. The van der Waals surface area contributed by atoms with E-state index in [-0.39, 0.29) is 5.56 Å². The van der Waals surface area contributed by atoms with Gasteiger partial charge in [-0.25, -0.2) is 4.98 Å². The fraction of sp³-hybridized carbons (Fsp3) is 0. The molecule has 1 amide bonds. The first-order chi connectivity index (χ1) is 9.51. The topological polar surface area (TPSA) is 118 Å². The summed E-state index contributed by atoms with van der Waals surface area (Å²) in [6.45, 7) is 0. The number of carbonyl (C=O) groups excluding carboxylic acids is 1. The van der Waals surface area contributed by atoms with Gasteiger partial charge in [-0.3, -0.25) is 4.79 Å². The molecule has 20 heavy (non-hydrogen) atoms. The highest BCUT2D eigenvalue weighted by molar-refractivity contribution is 9.10. The van der Waals surface area contributed by atoms with E-state index in [9.17, 15) is 4.79 Å². The van der Waals surface area contributed by atoms with E-state index in [1.54, 1.807) is 18.2 Å². The lowest BCUT2D eigenvalue weighted by molar-refractivity contribution is 0.100. The van der Waals surface area contributed by atoms with Gasteiger partial charge in [0.2, 0.25) is 0 Å². The van der Waals surface area contributed by atoms with Crippen molar-refractivity contribution in [2.75, 3.05) is 11.1 Å². The Morgan fingerprint density at radius 1 is 1.40 bits per heavy atom. The summed E-state index contributed by atoms with van der Waals surface area (Å²) in [5, 5.41) is 11.8. The molecule has 0 radical (unpaired) electrons. The molecule has 5 N–H and O–H groups in total. The van der Waals surface area contributed by atoms with Gasteiger partial charge in [-0.15, -0.1) is 0 Å². The number of amides is 1. The second-order valence-electron chi connectivity index (χ2n) is 3.96. The Morgan fingerprint density at radius 2 is 2.15 bits per heavy atom. The fourth-order valence-electron chi connectivity index (χ4n) is 1.58. The minimum atomic E-state index is -0.628. The third-order valence-electron chi connectivity index (χ3n) is 2.53. The Hall–Kier alpha value is -2.59. The fourth-order valence-corrected chi connectivity index (χ4v) is 2.06. The summed E-state index contributed by atoms with van der Waals surface area (Å²) in [6, 6.07) is 8.49. The lowest BCUT2D eigenvalue weighted by Crippen LogP contribution is -2.15. The number of halogens is 1. The van der Waals surface area contributed by atoms with E-state index in [0.29, 0.717) is 27.2 Å². The number of nitrogens with two attached hydrogens (primary N) is 2. The molecule has 0 atom stereocenters. The van der Waals surface area contributed by atoms with Crippen LogP contribution >= 0.6 is 15.9 Å². The van der Waals surface area contributed by atoms with Crippen molar-refractivity contribution in [3.8, 4) is 6.07 Å². The summed E-state index contributed by atoms with van der Waals surface area (Å²) in [5.74, 6) is -0.325. The van der Waals surface area contributed by atoms with Crippen molar-refractivity contribution < 1.29 is 4.79 Å². The lowest BCUT2D eigenvalue weighted by atomic mass is 10.2. The van der Waals surface area contributed by atoms with Crippen LogP contribution in [0.3, 0.4) is 0 Å². The van der Waals surface area contributed by atoms with Crippen LogP contribution in [-0.4, -0.2) is 10.9 Å². The van der Waals surface area contributed by atoms with Crippen LogP contribution in [0.1, 0.15) is 15.9 Å². The smallest absolute Gasteiger partial charge is 0.252 e. The van der Waals surface area contributed by atoms with E-state index in [1.165, 1.54) is 12.3 Å². The monoisotopic (exact) mass is 331 g/mol. The van der Waals surface area contributed by atoms with Crippen LogP contribution in [0.4, 0.5) is 17.2 Å². The number of aromatic nitrogens is 1. The standard InChI is InChI=1S/C13H10BrN5O/c14-10-3-7(5-15)1-2-11(10)19-13-9(12(17)20)4-8(16)6-18-13/h1-4,6H,16H2,(H2,17,20)(H,18,19). The third kappa shape index (κ3) is 2.87. The molecular weight excluding hydrogens is 322 g/mol. The first-order valence-corrected chi connectivity index (χ1v) is 6.32. The van der Waals surface area contributed by atoms with Gasteiger partial charge in [0.25, 0.3) is 5.91 Å². The third-order valence-corrected chi connectivity index (χ3v) is 3.18. The Labute approximate surface area is 123 Å². The molecule has 0 fully saturated rings. The van der Waals surface area contributed by atoms with Gasteiger partial charge in [-0.2, -0.15) is 5.26 Å². The maximum Gasteiger partial charge on any atom is 0.252 e. The van der Waals surface area contributed by atoms with Crippen LogP contribution in [0.25, 0.3) is 0 Å². The van der Waals surface area contributed by atoms with Crippen LogP contribution in [0.2, 0.25) is 0 Å². The Morgan fingerprint density at radius 3 is 2.75 bits per heavy atom. The van der Waals surface area contributed by atoms with Crippen LogP contribution in [0, 0.1) is 11.3 Å². The van der Waals surface area contributed by atoms with Crippen molar-refractivity contribution >= 4 is 39.0 Å². The predicted octanol–water partition coefficient (Wildman–Crippen LogP) is 2.14. The molecule has 0 saturated heterocycles. The minimum absolute atomic E-state index is 0.196. The van der Waals surface area contributed by atoms with Gasteiger partial charge in [-0.05, 0) is 40.2 Å². The van der Waals surface area contributed by atoms with Crippen LogP contribution in [0.5, 0.6) is 0 Å². The van der Waals surface area contributed by atoms with Crippen molar-refractivity contribution in [2.24, 2.45) is 5.73 Å². The molecule has 0 spiro atoms. The Kier molecular flexibility index (Phi) is 3.86. The van der Waals surface area contributed by atoms with Crippen molar-refractivity contribution in [1.29, 1.82) is 5.26 Å². The van der Waals surface area contributed by atoms with Crippen LogP contribution in [-0.2, 0) is 0 Å². The zero-order valence-corrected chi connectivity index (χ0v) is 11.8. The highest BCUT2D eigenvalue weighted by atomic mass is 79.9. The van der Waals surface area contributed by atoms with E-state index in [0.717, 1.165) is 0 Å². The molecule has 0 aliphatic carbocycles. The number of hydrogen-bond acceptors (Lipinski definition) is 5. The second-order valence-corrected chi connectivity index (χ2v) is 4.81. The highest BCUT2D eigenvalue weighted by Gasteiger charge is 2.12. The zero-order valence-electron chi connectivity index (χ0n) is 10.2. The maximum atomic E-state index is 11.4. The predicted molar refractivity (Wildman–Crippen MR) is 79.3 cm³/mol. The van der Waals surface area contributed by atoms with Gasteiger partial charge in [0.1, 0.15) is 5.82 Å². The van der Waals surface area contributed by atoms with Crippen molar-refractivity contribution in [3.63, 3.8) is 0 Å². The largest absolute Gasteiger partial charge is 0.397 e. The molecule has 0 aliphatic heterocycles. The number of nitriles is 1. The van der Waals surface area contributed by atoms with Gasteiger partial charge < -0.3 is 16.8 Å². The number of anilines is 3. The van der Waals surface area contributed by atoms with Gasteiger partial charge in [0.15, 0.2) is 0 Å². The number of primary amides is 1. The average Bonchev–Trinajstić information content (AvgIpc) is 2.42. The maximum absolute atomic E-state index is 11.4. The second kappa shape index (κ2) is 5.59. The van der Waals surface area contributed by atoms with Crippen molar-refractivity contribution in [1.82, 2.24) is 4.98 Å². The van der Waals surface area contributed by atoms with E-state index < -0.39 is 5.91 Å². The number of carbonyl (C=O) groups is 1. The van der Waals surface area contributed by atoms with Gasteiger partial charge in [0.05, 0.1) is 34.8 Å². The van der Waals surface area contributed by atoms with E-state index in [2.05, 4.69) is 26.2 Å². The van der Waals surface area contributed by atoms with E-state index in [1.807, 2.05) is 6.07 Å². The molecule has 0 bridgehead atoms. The van der Waals surface area contributed by atoms with Crippen molar-refractivity contribution in [3.05, 3.63) is 46.1 Å². The zero-order chi connectivity index (χ0) is 14.7. The molecule has 100 valence electrons. The van der Waals surface area contributed by atoms with E-state index in [4.69, 9.17) is 16.7 Å². The number of nitrogens with zero attached hydrogens (tertiary/aromatic N) is 2. The first kappa shape index (κ1) is 13.8. The summed E-state index contributed by atoms with van der Waals surface area (Å²) in [7, 11) is 0. The van der Waals surface area contributed by atoms with Gasteiger partial charge in [0, 0.05) is 4.47 Å². The summed E-state index contributed by atoms with van der Waals surface area (Å²) in [6.07, 6.45) is 1.42. The number of hydrogen-bond donors (Lipinski definition) is 3. The Bertz CT molecular complexity index is 723. The summed E-state index contributed by atoms with van der Waals surface area (Å²) >= 11 is 3.34. The molecule has 7 heteroatoms. The summed E-state index contributed by atoms with van der Waals surface area (Å²) in [5.41, 5.74) is 12.6. The summed E-state index contributed by atoms with van der Waals surface area (Å²) < 4.78 is 0.672. The molecule has 1 aromatic heterocycles. The molecule has 0 unspecified atom stereocenters. The van der Waals surface area contributed by atoms with E-state index >= 15 is 0 Å². The number of nitrogens with one attached hydrogen (secondary N) is 1. The first-order valence-electron chi connectivity index (χ1n) is 5.53. The Balaban J connectivity index is 2.40. The van der Waals surface area contributed by atoms with Crippen molar-refractivity contribution in [2.45, 2.75) is 0 Å². The minimum Gasteiger partial charge on any atom is -0.397 e. The molecule has 1 aromatic carbocycles. The quantitative estimate of drug-likeness (QED) is 0.796.